The highest BCUT2D eigenvalue weighted by molar-refractivity contribution is 5.96. The van der Waals surface area contributed by atoms with E-state index in [1.807, 2.05) is 50.3 Å². The van der Waals surface area contributed by atoms with Gasteiger partial charge in [-0.1, -0.05) is 6.07 Å². The van der Waals surface area contributed by atoms with Crippen LogP contribution in [0.5, 0.6) is 0 Å². The molecule has 5 heteroatoms. The quantitative estimate of drug-likeness (QED) is 0.894. The minimum atomic E-state index is -0.106. The van der Waals surface area contributed by atoms with Crippen LogP contribution in [0.1, 0.15) is 34.2 Å². The van der Waals surface area contributed by atoms with E-state index >= 15 is 0 Å². The summed E-state index contributed by atoms with van der Waals surface area (Å²) in [4.78, 5) is 15.1. The molecule has 0 spiro atoms. The molecular formula is C21H26N2O3. The Morgan fingerprint density at radius 2 is 1.96 bits per heavy atom. The molecular weight excluding hydrogens is 328 g/mol. The number of nitrogens with zero attached hydrogens (tertiary/aromatic N) is 1. The molecule has 2 aromatic rings. The monoisotopic (exact) mass is 354 g/mol. The highest BCUT2D eigenvalue weighted by Crippen LogP contribution is 2.16. The molecule has 1 N–H and O–H groups in total. The fourth-order valence-corrected chi connectivity index (χ4v) is 3.04. The molecule has 1 amide bonds. The summed E-state index contributed by atoms with van der Waals surface area (Å²) < 4.78 is 10.9. The number of amides is 1. The van der Waals surface area contributed by atoms with Gasteiger partial charge in [-0.15, -0.1) is 0 Å². The van der Waals surface area contributed by atoms with E-state index in [9.17, 15) is 4.79 Å². The number of hydrogen-bond acceptors (Lipinski definition) is 4. The number of benzene rings is 1. The third kappa shape index (κ3) is 4.42. The van der Waals surface area contributed by atoms with E-state index in [1.165, 1.54) is 5.56 Å². The lowest BCUT2D eigenvalue weighted by molar-refractivity contribution is 0.0259. The van der Waals surface area contributed by atoms with E-state index in [0.29, 0.717) is 18.8 Å². The van der Waals surface area contributed by atoms with Crippen molar-refractivity contribution in [2.75, 3.05) is 26.3 Å². The first-order valence-electron chi connectivity index (χ1n) is 9.00. The van der Waals surface area contributed by atoms with Gasteiger partial charge in [-0.3, -0.25) is 9.69 Å². The fraction of sp³-hybridized carbons (Fsp3) is 0.381. The second-order valence-corrected chi connectivity index (χ2v) is 6.69. The lowest BCUT2D eigenvalue weighted by atomic mass is 10.1. The van der Waals surface area contributed by atoms with Crippen LogP contribution in [0.4, 0.5) is 0 Å². The molecule has 26 heavy (non-hydrogen) atoms. The van der Waals surface area contributed by atoms with Crippen LogP contribution in [0.15, 0.2) is 46.7 Å². The minimum absolute atomic E-state index is 0.0551. The second kappa shape index (κ2) is 8.34. The summed E-state index contributed by atoms with van der Waals surface area (Å²) >= 11 is 0. The van der Waals surface area contributed by atoms with Gasteiger partial charge in [0.15, 0.2) is 0 Å². The smallest absolute Gasteiger partial charge is 0.255 e. The molecule has 0 saturated carbocycles. The second-order valence-electron chi connectivity index (χ2n) is 6.69. The Morgan fingerprint density at radius 1 is 1.19 bits per heavy atom. The molecule has 1 unspecified atom stereocenters. The molecule has 2 heterocycles. The molecule has 1 aromatic heterocycles. The summed E-state index contributed by atoms with van der Waals surface area (Å²) in [6, 6.07) is 9.55. The molecule has 0 bridgehead atoms. The van der Waals surface area contributed by atoms with Crippen LogP contribution in [-0.4, -0.2) is 43.2 Å². The van der Waals surface area contributed by atoms with Gasteiger partial charge in [-0.25, -0.2) is 0 Å². The molecule has 3 rings (SSSR count). The van der Waals surface area contributed by atoms with Gasteiger partial charge in [0.25, 0.3) is 5.91 Å². The summed E-state index contributed by atoms with van der Waals surface area (Å²) in [6.45, 7) is 9.27. The summed E-state index contributed by atoms with van der Waals surface area (Å²) in [5, 5.41) is 3.10. The van der Waals surface area contributed by atoms with Crippen LogP contribution in [0.25, 0.3) is 6.08 Å². The van der Waals surface area contributed by atoms with E-state index in [-0.39, 0.29) is 11.9 Å². The molecule has 1 aliphatic rings. The third-order valence-corrected chi connectivity index (χ3v) is 4.91. The molecule has 0 aliphatic carbocycles. The van der Waals surface area contributed by atoms with Crippen molar-refractivity contribution in [2.45, 2.75) is 26.8 Å². The summed E-state index contributed by atoms with van der Waals surface area (Å²) in [5.41, 5.74) is 3.77. The molecule has 1 aliphatic heterocycles. The van der Waals surface area contributed by atoms with Gasteiger partial charge in [0.2, 0.25) is 0 Å². The number of carbonyl (C=O) groups excluding carboxylic acids is 1. The van der Waals surface area contributed by atoms with Gasteiger partial charge in [-0.2, -0.15) is 0 Å². The van der Waals surface area contributed by atoms with Crippen LogP contribution < -0.4 is 5.32 Å². The maximum atomic E-state index is 12.8. The number of rotatable bonds is 5. The van der Waals surface area contributed by atoms with E-state index in [1.54, 1.807) is 6.26 Å². The number of morpholine rings is 1. The van der Waals surface area contributed by atoms with Crippen molar-refractivity contribution < 1.29 is 13.9 Å². The number of ether oxygens (including phenoxy) is 1. The molecule has 1 fully saturated rings. The maximum Gasteiger partial charge on any atom is 0.255 e. The van der Waals surface area contributed by atoms with Crippen molar-refractivity contribution in [3.05, 3.63) is 64.7 Å². The zero-order valence-electron chi connectivity index (χ0n) is 15.6. The van der Waals surface area contributed by atoms with E-state index < -0.39 is 0 Å². The van der Waals surface area contributed by atoms with Crippen molar-refractivity contribution in [3.8, 4) is 0 Å². The predicted molar refractivity (Wildman–Crippen MR) is 102 cm³/mol. The van der Waals surface area contributed by atoms with Crippen molar-refractivity contribution in [2.24, 2.45) is 0 Å². The van der Waals surface area contributed by atoms with Crippen LogP contribution in [0.2, 0.25) is 0 Å². The molecule has 0 radical (unpaired) electrons. The molecule has 1 aromatic carbocycles. The van der Waals surface area contributed by atoms with Gasteiger partial charge < -0.3 is 14.5 Å². The Bertz CT molecular complexity index is 775. The summed E-state index contributed by atoms with van der Waals surface area (Å²) in [7, 11) is 0. The topological polar surface area (TPSA) is 54.7 Å². The summed E-state index contributed by atoms with van der Waals surface area (Å²) in [6.07, 6.45) is 3.53. The number of carbonyl (C=O) groups is 1. The minimum Gasteiger partial charge on any atom is -0.465 e. The van der Waals surface area contributed by atoms with Crippen LogP contribution in [0.3, 0.4) is 0 Å². The number of aryl methyl sites for hydroxylation is 2. The Labute approximate surface area is 154 Å². The lowest BCUT2D eigenvalue weighted by Crippen LogP contribution is -2.46. The zero-order valence-corrected chi connectivity index (χ0v) is 15.6. The number of hydrogen-bond donors (Lipinski definition) is 1. The Hall–Kier alpha value is -2.37. The van der Waals surface area contributed by atoms with Gasteiger partial charge in [-0.05, 0) is 56.2 Å². The SMILES string of the molecule is Cc1ccc(C(=O)NC(=Cc2ccco2)C(C)N2CCOCC2)cc1C. The van der Waals surface area contributed by atoms with Gasteiger partial charge in [0, 0.05) is 36.5 Å². The largest absolute Gasteiger partial charge is 0.465 e. The van der Waals surface area contributed by atoms with Crippen LogP contribution >= 0.6 is 0 Å². The fourth-order valence-electron chi connectivity index (χ4n) is 3.04. The maximum absolute atomic E-state index is 12.8. The Balaban J connectivity index is 1.83. The zero-order chi connectivity index (χ0) is 18.5. The highest BCUT2D eigenvalue weighted by atomic mass is 16.5. The molecule has 138 valence electrons. The average Bonchev–Trinajstić information content (AvgIpc) is 3.16. The standard InChI is InChI=1S/C21H26N2O3/c1-15-6-7-18(13-16(15)2)21(24)22-20(14-19-5-4-10-26-19)17(3)23-8-11-25-12-9-23/h4-7,10,13-14,17H,8-9,11-12H2,1-3H3,(H,22,24). The van der Waals surface area contributed by atoms with Gasteiger partial charge in [0.05, 0.1) is 19.5 Å². The van der Waals surface area contributed by atoms with Crippen molar-refractivity contribution in [1.29, 1.82) is 0 Å². The van der Waals surface area contributed by atoms with Crippen molar-refractivity contribution in [3.63, 3.8) is 0 Å². The van der Waals surface area contributed by atoms with Gasteiger partial charge in [0.1, 0.15) is 5.76 Å². The number of furan rings is 1. The normalized spacial score (nSPS) is 17.1. The van der Waals surface area contributed by atoms with Crippen molar-refractivity contribution in [1.82, 2.24) is 10.2 Å². The Kier molecular flexibility index (Phi) is 5.91. The van der Waals surface area contributed by atoms with E-state index in [0.717, 1.165) is 30.1 Å². The van der Waals surface area contributed by atoms with Crippen LogP contribution in [-0.2, 0) is 4.74 Å². The lowest BCUT2D eigenvalue weighted by Gasteiger charge is -2.33. The summed E-state index contributed by atoms with van der Waals surface area (Å²) in [5.74, 6) is 0.617. The first-order valence-corrected chi connectivity index (χ1v) is 9.00. The highest BCUT2D eigenvalue weighted by Gasteiger charge is 2.22. The van der Waals surface area contributed by atoms with Gasteiger partial charge >= 0.3 is 0 Å². The first-order chi connectivity index (χ1) is 12.5. The third-order valence-electron chi connectivity index (χ3n) is 4.91. The van der Waals surface area contributed by atoms with E-state index in [4.69, 9.17) is 9.15 Å². The van der Waals surface area contributed by atoms with E-state index in [2.05, 4.69) is 17.1 Å². The molecule has 1 atom stereocenters. The number of nitrogens with one attached hydrogen (secondary N) is 1. The average molecular weight is 354 g/mol. The first kappa shape index (κ1) is 18.4. The Morgan fingerprint density at radius 3 is 2.62 bits per heavy atom. The van der Waals surface area contributed by atoms with Crippen LogP contribution in [0, 0.1) is 13.8 Å². The molecule has 5 nitrogen and oxygen atoms in total. The van der Waals surface area contributed by atoms with Crippen molar-refractivity contribution >= 4 is 12.0 Å². The molecule has 1 saturated heterocycles. The predicted octanol–water partition coefficient (Wildman–Crippen LogP) is 3.39.